The van der Waals surface area contributed by atoms with Crippen LogP contribution in [0.3, 0.4) is 0 Å². The van der Waals surface area contributed by atoms with Crippen LogP contribution in [0.2, 0.25) is 5.02 Å². The van der Waals surface area contributed by atoms with Crippen LogP contribution in [-0.4, -0.2) is 21.6 Å². The SMILES string of the molecule is O=C(C[C@@]1(O)CC2C[C@H](c3ccnc4ccc(F)cc34)C[C@@H]2C1)Nc1ccc(Cl)cc1. The molecule has 6 heteroatoms. The molecule has 1 unspecified atom stereocenters. The van der Waals surface area contributed by atoms with Crippen molar-refractivity contribution in [1.82, 2.24) is 4.98 Å². The Morgan fingerprint density at radius 2 is 1.84 bits per heavy atom. The number of carbonyl (C=O) groups is 1. The number of halogens is 2. The quantitative estimate of drug-likeness (QED) is 0.550. The van der Waals surface area contributed by atoms with Gasteiger partial charge in [-0.05, 0) is 97.5 Å². The van der Waals surface area contributed by atoms with Crippen molar-refractivity contribution in [3.8, 4) is 0 Å². The average Bonchev–Trinajstić information content (AvgIpc) is 3.23. The first-order valence-electron chi connectivity index (χ1n) is 10.7. The number of carbonyl (C=O) groups excluding carboxylic acids is 1. The van der Waals surface area contributed by atoms with Crippen LogP contribution in [0, 0.1) is 17.7 Å². The number of aliphatic hydroxyl groups is 1. The number of benzene rings is 2. The number of rotatable bonds is 4. The minimum atomic E-state index is -0.969. The molecular weight excluding hydrogens is 415 g/mol. The number of hydrogen-bond donors (Lipinski definition) is 2. The van der Waals surface area contributed by atoms with Crippen LogP contribution >= 0.6 is 11.6 Å². The summed E-state index contributed by atoms with van der Waals surface area (Å²) in [7, 11) is 0. The Morgan fingerprint density at radius 1 is 1.13 bits per heavy atom. The van der Waals surface area contributed by atoms with Gasteiger partial charge in [-0.3, -0.25) is 9.78 Å². The topological polar surface area (TPSA) is 62.2 Å². The van der Waals surface area contributed by atoms with E-state index in [9.17, 15) is 14.3 Å². The molecule has 2 N–H and O–H groups in total. The normalized spacial score (nSPS) is 27.4. The van der Waals surface area contributed by atoms with Gasteiger partial charge < -0.3 is 10.4 Å². The summed E-state index contributed by atoms with van der Waals surface area (Å²) in [5.74, 6) is 0.637. The molecule has 1 heterocycles. The molecule has 160 valence electrons. The van der Waals surface area contributed by atoms with Crippen molar-refractivity contribution >= 4 is 34.1 Å². The molecule has 1 aromatic heterocycles. The molecule has 31 heavy (non-hydrogen) atoms. The van der Waals surface area contributed by atoms with E-state index < -0.39 is 5.60 Å². The Balaban J connectivity index is 1.25. The van der Waals surface area contributed by atoms with Gasteiger partial charge in [0.05, 0.1) is 17.5 Å². The minimum Gasteiger partial charge on any atom is -0.389 e. The fourth-order valence-corrected chi connectivity index (χ4v) is 5.83. The van der Waals surface area contributed by atoms with E-state index in [1.807, 2.05) is 6.07 Å². The molecule has 4 nitrogen and oxygen atoms in total. The van der Waals surface area contributed by atoms with Crippen molar-refractivity contribution in [2.45, 2.75) is 43.6 Å². The van der Waals surface area contributed by atoms with Crippen LogP contribution in [0.1, 0.15) is 43.6 Å². The Kier molecular flexibility index (Phi) is 5.19. The molecule has 0 bridgehead atoms. The first-order valence-corrected chi connectivity index (χ1v) is 11.1. The van der Waals surface area contributed by atoms with E-state index in [0.717, 1.165) is 29.3 Å². The lowest BCUT2D eigenvalue weighted by atomic mass is 9.87. The number of aromatic nitrogens is 1. The third-order valence-corrected chi connectivity index (χ3v) is 7.17. The number of anilines is 1. The molecule has 2 saturated carbocycles. The standard InChI is InChI=1S/C25H24ClFN2O2/c26-18-1-4-20(5-2-18)29-24(30)14-25(31)12-16-9-15(10-17(16)13-25)21-7-8-28-23-6-3-19(27)11-22(21)23/h1-8,11,15-17,31H,9-10,12-14H2,(H,29,30)/t15-,16-,17?,25+/m1/s1. The maximum atomic E-state index is 13.8. The van der Waals surface area contributed by atoms with Gasteiger partial charge in [-0.15, -0.1) is 0 Å². The van der Waals surface area contributed by atoms with Crippen molar-refractivity contribution in [1.29, 1.82) is 0 Å². The van der Waals surface area contributed by atoms with Gasteiger partial charge in [-0.2, -0.15) is 0 Å². The van der Waals surface area contributed by atoms with Gasteiger partial charge in [0.1, 0.15) is 5.82 Å². The van der Waals surface area contributed by atoms with Crippen LogP contribution in [0.25, 0.3) is 10.9 Å². The first-order chi connectivity index (χ1) is 14.9. The summed E-state index contributed by atoms with van der Waals surface area (Å²) >= 11 is 5.88. The lowest BCUT2D eigenvalue weighted by Gasteiger charge is -2.24. The van der Waals surface area contributed by atoms with Gasteiger partial charge in [0.25, 0.3) is 0 Å². The number of nitrogens with zero attached hydrogens (tertiary/aromatic N) is 1. The third kappa shape index (κ3) is 4.17. The van der Waals surface area contributed by atoms with Crippen molar-refractivity contribution in [2.75, 3.05) is 5.32 Å². The number of hydrogen-bond acceptors (Lipinski definition) is 3. The van der Waals surface area contributed by atoms with Gasteiger partial charge in [0.2, 0.25) is 5.91 Å². The van der Waals surface area contributed by atoms with Gasteiger partial charge in [0.15, 0.2) is 0 Å². The zero-order valence-electron chi connectivity index (χ0n) is 17.0. The molecule has 2 aromatic carbocycles. The Morgan fingerprint density at radius 3 is 2.55 bits per heavy atom. The highest BCUT2D eigenvalue weighted by molar-refractivity contribution is 6.30. The largest absolute Gasteiger partial charge is 0.389 e. The van der Waals surface area contributed by atoms with Gasteiger partial charge in [-0.1, -0.05) is 11.6 Å². The summed E-state index contributed by atoms with van der Waals surface area (Å²) in [4.78, 5) is 16.9. The van der Waals surface area contributed by atoms with E-state index >= 15 is 0 Å². The molecule has 0 saturated heterocycles. The van der Waals surface area contributed by atoms with Crippen molar-refractivity contribution in [3.63, 3.8) is 0 Å². The molecule has 5 rings (SSSR count). The first kappa shape index (κ1) is 20.4. The van der Waals surface area contributed by atoms with E-state index in [1.54, 1.807) is 42.6 Å². The van der Waals surface area contributed by atoms with Crippen molar-refractivity contribution in [2.24, 2.45) is 11.8 Å². The molecule has 1 amide bonds. The molecule has 0 spiro atoms. The zero-order chi connectivity index (χ0) is 21.6. The van der Waals surface area contributed by atoms with Crippen LogP contribution in [0.5, 0.6) is 0 Å². The fraction of sp³-hybridized carbons (Fsp3) is 0.360. The molecule has 2 fully saturated rings. The fourth-order valence-electron chi connectivity index (χ4n) is 5.70. The molecule has 2 aliphatic carbocycles. The van der Waals surface area contributed by atoms with E-state index in [-0.39, 0.29) is 18.1 Å². The lowest BCUT2D eigenvalue weighted by molar-refractivity contribution is -0.121. The molecule has 0 radical (unpaired) electrons. The smallest absolute Gasteiger partial charge is 0.227 e. The number of fused-ring (bicyclic) bond motifs is 2. The maximum Gasteiger partial charge on any atom is 0.227 e. The summed E-state index contributed by atoms with van der Waals surface area (Å²) in [6.07, 6.45) is 5.03. The summed E-state index contributed by atoms with van der Waals surface area (Å²) < 4.78 is 13.8. The predicted octanol–water partition coefficient (Wildman–Crippen LogP) is 5.69. The predicted molar refractivity (Wildman–Crippen MR) is 120 cm³/mol. The minimum absolute atomic E-state index is 0.0939. The number of pyridine rings is 1. The van der Waals surface area contributed by atoms with E-state index in [4.69, 9.17) is 11.6 Å². The number of amides is 1. The van der Waals surface area contributed by atoms with E-state index in [1.165, 1.54) is 6.07 Å². The molecule has 0 aliphatic heterocycles. The summed E-state index contributed by atoms with van der Waals surface area (Å²) in [6.45, 7) is 0. The zero-order valence-corrected chi connectivity index (χ0v) is 17.8. The van der Waals surface area contributed by atoms with Crippen LogP contribution in [0.15, 0.2) is 54.7 Å². The Labute approximate surface area is 185 Å². The molecule has 3 aromatic rings. The second-order valence-corrected chi connectivity index (χ2v) is 9.55. The van der Waals surface area contributed by atoms with Crippen LogP contribution in [-0.2, 0) is 4.79 Å². The third-order valence-electron chi connectivity index (χ3n) is 6.92. The highest BCUT2D eigenvalue weighted by atomic mass is 35.5. The lowest BCUT2D eigenvalue weighted by Crippen LogP contribution is -2.32. The highest BCUT2D eigenvalue weighted by Gasteiger charge is 2.49. The van der Waals surface area contributed by atoms with Gasteiger partial charge in [0, 0.05) is 22.3 Å². The van der Waals surface area contributed by atoms with E-state index in [0.29, 0.717) is 41.3 Å². The van der Waals surface area contributed by atoms with Crippen molar-refractivity contribution < 1.29 is 14.3 Å². The Bertz CT molecular complexity index is 1120. The summed E-state index contributed by atoms with van der Waals surface area (Å²) in [5.41, 5.74) is 1.66. The molecular formula is C25H24ClFN2O2. The highest BCUT2D eigenvalue weighted by Crippen LogP contribution is 2.55. The number of nitrogens with one attached hydrogen (secondary N) is 1. The Hall–Kier alpha value is -2.50. The average molecular weight is 439 g/mol. The van der Waals surface area contributed by atoms with E-state index in [2.05, 4.69) is 10.3 Å². The second-order valence-electron chi connectivity index (χ2n) is 9.11. The molecule has 2 aliphatic rings. The molecule has 4 atom stereocenters. The monoisotopic (exact) mass is 438 g/mol. The van der Waals surface area contributed by atoms with Crippen LogP contribution < -0.4 is 5.32 Å². The maximum absolute atomic E-state index is 13.8. The van der Waals surface area contributed by atoms with Gasteiger partial charge >= 0.3 is 0 Å². The van der Waals surface area contributed by atoms with Gasteiger partial charge in [-0.25, -0.2) is 4.39 Å². The second kappa shape index (κ2) is 7.88. The van der Waals surface area contributed by atoms with Crippen LogP contribution in [0.4, 0.5) is 10.1 Å². The van der Waals surface area contributed by atoms with Crippen molar-refractivity contribution in [3.05, 3.63) is 71.1 Å². The summed E-state index contributed by atoms with van der Waals surface area (Å²) in [5, 5.41) is 15.5. The summed E-state index contributed by atoms with van der Waals surface area (Å²) in [6, 6.07) is 13.7.